The number of carbonyl (C=O) groups excluding carboxylic acids is 2. The number of benzene rings is 1. The van der Waals surface area contributed by atoms with Crippen LogP contribution in [-0.2, 0) is 4.74 Å². The molecule has 0 radical (unpaired) electrons. The number of hydrogen-bond acceptors (Lipinski definition) is 7. The molecule has 1 aromatic heterocycles. The van der Waals surface area contributed by atoms with Gasteiger partial charge in [-0.15, -0.1) is 0 Å². The lowest BCUT2D eigenvalue weighted by atomic mass is 10.2. The van der Waals surface area contributed by atoms with Crippen LogP contribution < -0.4 is 4.74 Å². The predicted octanol–water partition coefficient (Wildman–Crippen LogP) is 2.19. The molecule has 21 heavy (non-hydrogen) atoms. The first kappa shape index (κ1) is 14.3. The van der Waals surface area contributed by atoms with Crippen molar-refractivity contribution in [1.29, 1.82) is 0 Å². The molecule has 2 rings (SSSR count). The van der Waals surface area contributed by atoms with E-state index in [4.69, 9.17) is 9.15 Å². The second-order valence-corrected chi connectivity index (χ2v) is 3.80. The van der Waals surface area contributed by atoms with Gasteiger partial charge < -0.3 is 13.9 Å². The van der Waals surface area contributed by atoms with Gasteiger partial charge in [0.1, 0.15) is 10.7 Å². The zero-order valence-corrected chi connectivity index (χ0v) is 10.8. The summed E-state index contributed by atoms with van der Waals surface area (Å²) in [5, 5.41) is 10.4. The summed E-state index contributed by atoms with van der Waals surface area (Å²) in [6.07, 6.45) is 0. The first-order valence-electron chi connectivity index (χ1n) is 5.66. The average Bonchev–Trinajstić information content (AvgIpc) is 2.97. The first-order chi connectivity index (χ1) is 10.0. The molecular weight excluding hydrogens is 282 g/mol. The molecule has 0 N–H and O–H groups in total. The smallest absolute Gasteiger partial charge is 0.433 e. The minimum atomic E-state index is -0.881. The Morgan fingerprint density at radius 2 is 1.76 bits per heavy atom. The van der Waals surface area contributed by atoms with Crippen LogP contribution in [0.3, 0.4) is 0 Å². The van der Waals surface area contributed by atoms with Crippen LogP contribution in [0.15, 0.2) is 40.8 Å². The molecule has 0 saturated heterocycles. The summed E-state index contributed by atoms with van der Waals surface area (Å²) < 4.78 is 14.2. The highest BCUT2D eigenvalue weighted by Gasteiger charge is 2.19. The monoisotopic (exact) mass is 291 g/mol. The van der Waals surface area contributed by atoms with E-state index in [1.807, 2.05) is 0 Å². The Morgan fingerprint density at radius 1 is 1.10 bits per heavy atom. The molecule has 0 aliphatic carbocycles. The number of methoxy groups -OCH3 is 1. The highest BCUT2D eigenvalue weighted by atomic mass is 16.7. The Kier molecular flexibility index (Phi) is 3.98. The zero-order valence-electron chi connectivity index (χ0n) is 10.8. The fraction of sp³-hybridized carbons (Fsp3) is 0.0769. The number of carbonyl (C=O) groups is 2. The minimum Gasteiger partial charge on any atom is -0.465 e. The van der Waals surface area contributed by atoms with E-state index in [0.717, 1.165) is 12.1 Å². The number of esters is 2. The van der Waals surface area contributed by atoms with Crippen LogP contribution in [0.4, 0.5) is 5.88 Å². The Labute approximate surface area is 118 Å². The maximum atomic E-state index is 11.7. The molecule has 0 bridgehead atoms. The summed E-state index contributed by atoms with van der Waals surface area (Å²) in [5.74, 6) is -2.09. The van der Waals surface area contributed by atoms with Gasteiger partial charge in [-0.2, -0.15) is 0 Å². The number of ether oxygens (including phenoxy) is 2. The molecule has 0 amide bonds. The van der Waals surface area contributed by atoms with Crippen molar-refractivity contribution in [2.75, 3.05) is 7.11 Å². The number of rotatable bonds is 4. The van der Waals surface area contributed by atoms with Crippen molar-refractivity contribution in [1.82, 2.24) is 0 Å². The molecule has 1 aromatic carbocycles. The van der Waals surface area contributed by atoms with Crippen molar-refractivity contribution < 1.29 is 28.4 Å². The highest BCUT2D eigenvalue weighted by molar-refractivity contribution is 5.90. The first-order valence-corrected chi connectivity index (χ1v) is 5.66. The van der Waals surface area contributed by atoms with Crippen molar-refractivity contribution >= 4 is 17.8 Å². The quantitative estimate of drug-likeness (QED) is 0.367. The molecule has 0 aliphatic rings. The van der Waals surface area contributed by atoms with Gasteiger partial charge in [0.2, 0.25) is 5.76 Å². The third-order valence-corrected chi connectivity index (χ3v) is 2.46. The van der Waals surface area contributed by atoms with E-state index in [-0.39, 0.29) is 11.5 Å². The standard InChI is InChI=1S/C13H9NO7/c1-19-12(15)8-2-4-9(5-3-8)20-13(16)10-6-7-11(21-10)14(17)18/h2-7H,1H3. The van der Waals surface area contributed by atoms with E-state index in [9.17, 15) is 19.7 Å². The third-order valence-electron chi connectivity index (χ3n) is 2.46. The van der Waals surface area contributed by atoms with Crippen LogP contribution in [0, 0.1) is 10.1 Å². The molecule has 8 nitrogen and oxygen atoms in total. The SMILES string of the molecule is COC(=O)c1ccc(OC(=O)c2ccc([N+](=O)[O-])o2)cc1. The van der Waals surface area contributed by atoms with Gasteiger partial charge in [0.25, 0.3) is 0 Å². The van der Waals surface area contributed by atoms with Crippen molar-refractivity contribution in [2.24, 2.45) is 0 Å². The second-order valence-electron chi connectivity index (χ2n) is 3.80. The van der Waals surface area contributed by atoms with Crippen molar-refractivity contribution in [3.63, 3.8) is 0 Å². The van der Waals surface area contributed by atoms with Crippen molar-refractivity contribution in [3.8, 4) is 5.75 Å². The van der Waals surface area contributed by atoms with E-state index in [1.54, 1.807) is 0 Å². The average molecular weight is 291 g/mol. The van der Waals surface area contributed by atoms with Crippen LogP contribution in [0.2, 0.25) is 0 Å². The fourth-order valence-electron chi connectivity index (χ4n) is 1.47. The van der Waals surface area contributed by atoms with Gasteiger partial charge in [-0.25, -0.2) is 9.59 Å². The summed E-state index contributed by atoms with van der Waals surface area (Å²) in [6.45, 7) is 0. The normalized spacial score (nSPS) is 9.95. The maximum absolute atomic E-state index is 11.7. The van der Waals surface area contributed by atoms with Gasteiger partial charge in [0.05, 0.1) is 18.7 Å². The Bertz CT molecular complexity index is 687. The van der Waals surface area contributed by atoms with Crippen LogP contribution in [0.5, 0.6) is 5.75 Å². The summed E-state index contributed by atoms with van der Waals surface area (Å²) in [7, 11) is 1.25. The van der Waals surface area contributed by atoms with Crippen molar-refractivity contribution in [3.05, 3.63) is 57.8 Å². The van der Waals surface area contributed by atoms with Gasteiger partial charge in [-0.05, 0) is 30.3 Å². The van der Waals surface area contributed by atoms with E-state index in [2.05, 4.69) is 4.74 Å². The van der Waals surface area contributed by atoms with E-state index in [0.29, 0.717) is 5.56 Å². The minimum absolute atomic E-state index is 0.159. The molecule has 1 heterocycles. The maximum Gasteiger partial charge on any atom is 0.433 e. The van der Waals surface area contributed by atoms with Gasteiger partial charge in [-0.1, -0.05) is 0 Å². The molecule has 0 aliphatic heterocycles. The summed E-state index contributed by atoms with van der Waals surface area (Å²) in [5.41, 5.74) is 0.297. The third kappa shape index (κ3) is 3.24. The van der Waals surface area contributed by atoms with Crippen LogP contribution in [0.1, 0.15) is 20.9 Å². The number of hydrogen-bond donors (Lipinski definition) is 0. The predicted molar refractivity (Wildman–Crippen MR) is 68.1 cm³/mol. The molecule has 108 valence electrons. The van der Waals surface area contributed by atoms with Crippen LogP contribution in [0.25, 0.3) is 0 Å². The molecule has 0 unspecified atom stereocenters. The molecule has 0 fully saturated rings. The summed E-state index contributed by atoms with van der Waals surface area (Å²) in [4.78, 5) is 32.6. The van der Waals surface area contributed by atoms with Gasteiger partial charge in [0.15, 0.2) is 0 Å². The summed E-state index contributed by atoms with van der Waals surface area (Å²) in [6, 6.07) is 7.81. The van der Waals surface area contributed by atoms with Crippen LogP contribution >= 0.6 is 0 Å². The fourth-order valence-corrected chi connectivity index (χ4v) is 1.47. The van der Waals surface area contributed by atoms with Gasteiger partial charge in [0, 0.05) is 0 Å². The molecule has 0 spiro atoms. The molecule has 2 aromatic rings. The Balaban J connectivity index is 2.08. The number of furan rings is 1. The Morgan fingerprint density at radius 3 is 2.29 bits per heavy atom. The zero-order chi connectivity index (χ0) is 15.4. The lowest BCUT2D eigenvalue weighted by molar-refractivity contribution is -0.402. The summed E-state index contributed by atoms with van der Waals surface area (Å²) >= 11 is 0. The van der Waals surface area contributed by atoms with Gasteiger partial charge in [-0.3, -0.25) is 10.1 Å². The van der Waals surface area contributed by atoms with E-state index in [1.165, 1.54) is 31.4 Å². The largest absolute Gasteiger partial charge is 0.465 e. The topological polar surface area (TPSA) is 109 Å². The van der Waals surface area contributed by atoms with E-state index < -0.39 is 22.7 Å². The molecule has 0 atom stereocenters. The molecule has 0 saturated carbocycles. The lowest BCUT2D eigenvalue weighted by Gasteiger charge is -2.03. The van der Waals surface area contributed by atoms with Crippen molar-refractivity contribution in [2.45, 2.75) is 0 Å². The molecule has 8 heteroatoms. The Hall–Kier alpha value is -3.16. The highest BCUT2D eigenvalue weighted by Crippen LogP contribution is 2.19. The lowest BCUT2D eigenvalue weighted by Crippen LogP contribution is -2.07. The number of nitrogens with zero attached hydrogens (tertiary/aromatic N) is 1. The van der Waals surface area contributed by atoms with Gasteiger partial charge >= 0.3 is 17.8 Å². The molecular formula is C13H9NO7. The van der Waals surface area contributed by atoms with E-state index >= 15 is 0 Å². The number of nitro groups is 1. The second kappa shape index (κ2) is 5.87. The van der Waals surface area contributed by atoms with Crippen LogP contribution in [-0.4, -0.2) is 24.0 Å².